The Morgan fingerprint density at radius 3 is 3.05 bits per heavy atom. The van der Waals surface area contributed by atoms with Crippen LogP contribution in [0.25, 0.3) is 0 Å². The summed E-state index contributed by atoms with van der Waals surface area (Å²) in [6.07, 6.45) is 2.98. The number of rotatable bonds is 7. The molecule has 1 aromatic rings. The molecule has 0 radical (unpaired) electrons. The lowest BCUT2D eigenvalue weighted by Gasteiger charge is -2.21. The van der Waals surface area contributed by atoms with Crippen molar-refractivity contribution in [2.75, 3.05) is 23.4 Å². The molecular weight excluding hydrogens is 344 g/mol. The van der Waals surface area contributed by atoms with Gasteiger partial charge in [-0.1, -0.05) is 29.2 Å². The summed E-state index contributed by atoms with van der Waals surface area (Å²) >= 11 is 2.75. The molecule has 22 heavy (non-hydrogen) atoms. The molecular formula is C12H18N4O3S3. The minimum atomic E-state index is -3.37. The number of anilines is 1. The van der Waals surface area contributed by atoms with Crippen molar-refractivity contribution in [2.45, 2.75) is 30.1 Å². The first-order valence-electron chi connectivity index (χ1n) is 6.85. The lowest BCUT2D eigenvalue weighted by molar-refractivity contribution is -0.119. The number of nitrogens with one attached hydrogen (secondary N) is 1. The van der Waals surface area contributed by atoms with Crippen LogP contribution in [-0.4, -0.2) is 52.9 Å². The number of carbonyl (C=O) groups excluding carboxylic acids is 1. The molecule has 1 fully saturated rings. The van der Waals surface area contributed by atoms with Gasteiger partial charge in [-0.15, -0.1) is 16.8 Å². The summed E-state index contributed by atoms with van der Waals surface area (Å²) < 4.78 is 26.0. The van der Waals surface area contributed by atoms with E-state index >= 15 is 0 Å². The van der Waals surface area contributed by atoms with Crippen LogP contribution in [0.4, 0.5) is 5.13 Å². The number of hydrogen-bond donors (Lipinski definition) is 1. The van der Waals surface area contributed by atoms with E-state index in [2.05, 4.69) is 22.1 Å². The molecule has 1 saturated heterocycles. The van der Waals surface area contributed by atoms with Crippen LogP contribution in [0.1, 0.15) is 19.8 Å². The van der Waals surface area contributed by atoms with Crippen LogP contribution < -0.4 is 5.32 Å². The van der Waals surface area contributed by atoms with Gasteiger partial charge in [-0.3, -0.25) is 10.1 Å². The lowest BCUT2D eigenvalue weighted by Crippen LogP contribution is -2.43. The first-order valence-corrected chi connectivity index (χ1v) is 10.3. The van der Waals surface area contributed by atoms with Crippen molar-refractivity contribution < 1.29 is 13.2 Å². The van der Waals surface area contributed by atoms with Crippen LogP contribution >= 0.6 is 23.1 Å². The van der Waals surface area contributed by atoms with Crippen LogP contribution in [0, 0.1) is 0 Å². The lowest BCUT2D eigenvalue weighted by atomic mass is 10.2. The average molecular weight is 363 g/mol. The van der Waals surface area contributed by atoms with Crippen molar-refractivity contribution >= 4 is 44.2 Å². The van der Waals surface area contributed by atoms with Gasteiger partial charge in [-0.05, 0) is 19.8 Å². The molecule has 0 aromatic carbocycles. The number of thioether (sulfide) groups is 1. The van der Waals surface area contributed by atoms with Crippen molar-refractivity contribution in [3.05, 3.63) is 12.7 Å². The van der Waals surface area contributed by atoms with Gasteiger partial charge in [0.15, 0.2) is 4.34 Å². The summed E-state index contributed by atoms with van der Waals surface area (Å²) in [5, 5.41) is 10.9. The molecule has 1 aliphatic rings. The molecule has 0 saturated carbocycles. The molecule has 0 bridgehead atoms. The topological polar surface area (TPSA) is 92.3 Å². The molecule has 10 heteroatoms. The summed E-state index contributed by atoms with van der Waals surface area (Å²) in [4.78, 5) is 12.3. The van der Waals surface area contributed by atoms with E-state index in [-0.39, 0.29) is 11.7 Å². The highest BCUT2D eigenvalue weighted by Gasteiger charge is 2.37. The highest BCUT2D eigenvalue weighted by atomic mass is 32.2. The molecule has 1 N–H and O–H groups in total. The largest absolute Gasteiger partial charge is 0.299 e. The number of sulfonamides is 1. The first-order chi connectivity index (χ1) is 10.5. The van der Waals surface area contributed by atoms with Gasteiger partial charge in [0.2, 0.25) is 21.1 Å². The standard InChI is InChI=1S/C12H18N4O3S3/c1-3-8-20-12-15-14-11(21-12)13-10(17)9-6-5-7-16(9)22(18,19)4-2/h3,9H,1,4-8H2,2H3,(H,13,14,17). The van der Waals surface area contributed by atoms with E-state index in [0.717, 1.165) is 4.34 Å². The van der Waals surface area contributed by atoms with Crippen molar-refractivity contribution in [3.63, 3.8) is 0 Å². The third kappa shape index (κ3) is 4.06. The Morgan fingerprint density at radius 2 is 2.36 bits per heavy atom. The minimum absolute atomic E-state index is 0.00205. The summed E-state index contributed by atoms with van der Waals surface area (Å²) in [5.41, 5.74) is 0. The Kier molecular flexibility index (Phi) is 5.95. The van der Waals surface area contributed by atoms with Gasteiger partial charge in [0.05, 0.1) is 5.75 Å². The average Bonchev–Trinajstić information content (AvgIpc) is 3.14. The number of nitrogens with zero attached hydrogens (tertiary/aromatic N) is 3. The molecule has 2 rings (SSSR count). The van der Waals surface area contributed by atoms with Gasteiger partial charge in [0.25, 0.3) is 0 Å². The second-order valence-corrected chi connectivity index (χ2v) is 9.09. The van der Waals surface area contributed by atoms with Gasteiger partial charge < -0.3 is 0 Å². The monoisotopic (exact) mass is 362 g/mol. The molecule has 1 atom stereocenters. The molecule has 0 spiro atoms. The van der Waals surface area contributed by atoms with Gasteiger partial charge in [-0.2, -0.15) is 4.31 Å². The van der Waals surface area contributed by atoms with Crippen LogP contribution in [0.3, 0.4) is 0 Å². The van der Waals surface area contributed by atoms with Crippen LogP contribution in [0.2, 0.25) is 0 Å². The molecule has 1 amide bonds. The normalized spacial score (nSPS) is 19.2. The minimum Gasteiger partial charge on any atom is -0.299 e. The molecule has 122 valence electrons. The third-order valence-electron chi connectivity index (χ3n) is 3.19. The zero-order valence-corrected chi connectivity index (χ0v) is 14.6. The van der Waals surface area contributed by atoms with Crippen molar-refractivity contribution in [2.24, 2.45) is 0 Å². The predicted octanol–water partition coefficient (Wildman–Crippen LogP) is 1.57. The number of hydrogen-bond acceptors (Lipinski definition) is 7. The van der Waals surface area contributed by atoms with Crippen molar-refractivity contribution in [1.29, 1.82) is 0 Å². The maximum atomic E-state index is 12.3. The molecule has 1 aromatic heterocycles. The molecule has 0 aliphatic carbocycles. The van der Waals surface area contributed by atoms with E-state index in [1.54, 1.807) is 13.0 Å². The van der Waals surface area contributed by atoms with Crippen molar-refractivity contribution in [1.82, 2.24) is 14.5 Å². The Bertz CT molecular complexity index is 644. The van der Waals surface area contributed by atoms with E-state index in [1.807, 2.05) is 0 Å². The number of carbonyl (C=O) groups is 1. The van der Waals surface area contributed by atoms with E-state index in [0.29, 0.717) is 30.3 Å². The van der Waals surface area contributed by atoms with Crippen LogP contribution in [0.15, 0.2) is 17.0 Å². The fraction of sp³-hybridized carbons (Fsp3) is 0.583. The van der Waals surface area contributed by atoms with Gasteiger partial charge in [0, 0.05) is 12.3 Å². The molecule has 7 nitrogen and oxygen atoms in total. The molecule has 2 heterocycles. The Balaban J connectivity index is 2.02. The summed E-state index contributed by atoms with van der Waals surface area (Å²) in [5.74, 6) is 0.372. The van der Waals surface area contributed by atoms with Gasteiger partial charge >= 0.3 is 0 Å². The summed E-state index contributed by atoms with van der Waals surface area (Å²) in [7, 11) is -3.37. The second kappa shape index (κ2) is 7.53. The Morgan fingerprint density at radius 1 is 1.59 bits per heavy atom. The van der Waals surface area contributed by atoms with Crippen LogP contribution in [-0.2, 0) is 14.8 Å². The maximum Gasteiger partial charge on any atom is 0.244 e. The zero-order chi connectivity index (χ0) is 16.2. The van der Waals surface area contributed by atoms with E-state index in [9.17, 15) is 13.2 Å². The number of aromatic nitrogens is 2. The summed E-state index contributed by atoms with van der Waals surface area (Å²) in [6, 6.07) is -0.655. The first kappa shape index (κ1) is 17.4. The highest BCUT2D eigenvalue weighted by Crippen LogP contribution is 2.27. The van der Waals surface area contributed by atoms with Gasteiger partial charge in [-0.25, -0.2) is 8.42 Å². The smallest absolute Gasteiger partial charge is 0.244 e. The Hall–Kier alpha value is -0.970. The van der Waals surface area contributed by atoms with Crippen LogP contribution in [0.5, 0.6) is 0 Å². The maximum absolute atomic E-state index is 12.3. The van der Waals surface area contributed by atoms with Crippen molar-refractivity contribution in [3.8, 4) is 0 Å². The number of amides is 1. The quantitative estimate of drug-likeness (QED) is 0.450. The fourth-order valence-electron chi connectivity index (χ4n) is 2.14. The van der Waals surface area contributed by atoms with E-state index < -0.39 is 16.1 Å². The van der Waals surface area contributed by atoms with E-state index in [4.69, 9.17) is 0 Å². The fourth-order valence-corrected chi connectivity index (χ4v) is 4.98. The SMILES string of the molecule is C=CCSc1nnc(NC(=O)C2CCCN2S(=O)(=O)CC)s1. The molecule has 1 unspecified atom stereocenters. The predicted molar refractivity (Wildman–Crippen MR) is 88.6 cm³/mol. The van der Waals surface area contributed by atoms with Gasteiger partial charge in [0.1, 0.15) is 6.04 Å². The van der Waals surface area contributed by atoms with E-state index in [1.165, 1.54) is 27.4 Å². The molecule has 1 aliphatic heterocycles. The third-order valence-corrected chi connectivity index (χ3v) is 7.04. The highest BCUT2D eigenvalue weighted by molar-refractivity contribution is 8.01. The Labute approximate surface area is 138 Å². The zero-order valence-electron chi connectivity index (χ0n) is 12.2. The summed E-state index contributed by atoms with van der Waals surface area (Å²) in [6.45, 7) is 5.60. The second-order valence-electron chi connectivity index (χ2n) is 4.63.